The van der Waals surface area contributed by atoms with Gasteiger partial charge in [-0.1, -0.05) is 122 Å². The normalized spacial score (nSPS) is 11.9. The summed E-state index contributed by atoms with van der Waals surface area (Å²) < 4.78 is 29.7. The fourth-order valence-electron chi connectivity index (χ4n) is 3.65. The number of unbranched alkanes of at least 4 members (excludes halogenated alkanes) is 18. The molecule has 0 rings (SSSR count). The zero-order valence-electron chi connectivity index (χ0n) is 18.7. The van der Waals surface area contributed by atoms with Gasteiger partial charge in [-0.2, -0.15) is 8.42 Å². The summed E-state index contributed by atoms with van der Waals surface area (Å²) in [6.07, 6.45) is 26.2. The van der Waals surface area contributed by atoms with Gasteiger partial charge in [-0.3, -0.25) is 4.55 Å². The lowest BCUT2D eigenvalue weighted by Gasteiger charge is -2.05. The Labute approximate surface area is 176 Å². The molecule has 5 heteroatoms. The summed E-state index contributed by atoms with van der Waals surface area (Å²) in [5.74, 6) is -0.188. The van der Waals surface area contributed by atoms with E-state index in [1.165, 1.54) is 116 Å². The molecular weight excluding hydrogens is 370 g/mol. The van der Waals surface area contributed by atoms with Crippen LogP contribution in [0.15, 0.2) is 0 Å². The van der Waals surface area contributed by atoms with Crippen LogP contribution in [0.5, 0.6) is 0 Å². The summed E-state index contributed by atoms with van der Waals surface area (Å²) in [6, 6.07) is 0. The Bertz CT molecular complexity index is 399. The molecule has 0 amide bonds. The third kappa shape index (κ3) is 25.9. The molecule has 0 aliphatic heterocycles. The molecule has 0 aromatic heterocycles. The molecule has 0 heterocycles. The molecule has 0 bridgehead atoms. The second kappa shape index (κ2) is 21.6. The van der Waals surface area contributed by atoms with Crippen LogP contribution in [0.4, 0.5) is 0 Å². The van der Waals surface area contributed by atoms with E-state index in [-0.39, 0.29) is 5.75 Å². The first kappa shape index (κ1) is 27.9. The maximum absolute atomic E-state index is 10.6. The van der Waals surface area contributed by atoms with E-state index in [4.69, 9.17) is 4.55 Å². The molecule has 0 unspecified atom stereocenters. The van der Waals surface area contributed by atoms with Crippen molar-refractivity contribution in [1.82, 2.24) is 5.32 Å². The summed E-state index contributed by atoms with van der Waals surface area (Å²) in [4.78, 5) is 0. The highest BCUT2D eigenvalue weighted by Gasteiger charge is 2.02. The molecule has 170 valence electrons. The lowest BCUT2D eigenvalue weighted by atomic mass is 10.0. The zero-order chi connectivity index (χ0) is 20.8. The largest absolute Gasteiger partial charge is 0.316 e. The van der Waals surface area contributed by atoms with E-state index in [1.54, 1.807) is 0 Å². The highest BCUT2D eigenvalue weighted by Crippen LogP contribution is 2.14. The van der Waals surface area contributed by atoms with Gasteiger partial charge >= 0.3 is 0 Å². The van der Waals surface area contributed by atoms with E-state index in [0.717, 1.165) is 13.0 Å². The third-order valence-corrected chi connectivity index (χ3v) is 6.21. The molecule has 28 heavy (non-hydrogen) atoms. The van der Waals surface area contributed by atoms with Gasteiger partial charge in [0.2, 0.25) is 0 Å². The molecule has 0 aliphatic rings. The summed E-state index contributed by atoms with van der Waals surface area (Å²) in [5, 5.41) is 3.06. The van der Waals surface area contributed by atoms with Crippen molar-refractivity contribution in [3.63, 3.8) is 0 Å². The van der Waals surface area contributed by atoms with Crippen LogP contribution in [0, 0.1) is 0 Å². The second-order valence-corrected chi connectivity index (χ2v) is 9.97. The number of rotatable bonds is 23. The van der Waals surface area contributed by atoms with E-state index in [9.17, 15) is 8.42 Å². The standard InChI is InChI=1S/C23H49NO3S/c1-2-3-4-5-6-7-8-9-10-11-12-13-14-15-16-17-18-19-20-21-24-22-23-28(25,26)27/h24H,2-23H2,1H3,(H,25,26,27). The first-order valence-electron chi connectivity index (χ1n) is 12.2. The molecule has 4 nitrogen and oxygen atoms in total. The van der Waals surface area contributed by atoms with Gasteiger partial charge in [0.15, 0.2) is 0 Å². The Kier molecular flexibility index (Phi) is 21.5. The maximum Gasteiger partial charge on any atom is 0.266 e. The molecule has 0 aromatic rings. The van der Waals surface area contributed by atoms with Crippen LogP contribution >= 0.6 is 0 Å². The molecule has 0 aromatic carbocycles. The molecule has 0 spiro atoms. The SMILES string of the molecule is CCCCCCCCCCCCCCCCCCCCCNCCS(=O)(=O)O. The lowest BCUT2D eigenvalue weighted by Crippen LogP contribution is -2.23. The van der Waals surface area contributed by atoms with Gasteiger partial charge in [0.25, 0.3) is 10.1 Å². The molecule has 0 fully saturated rings. The van der Waals surface area contributed by atoms with Crippen molar-refractivity contribution in [3.8, 4) is 0 Å². The Morgan fingerprint density at radius 2 is 0.857 bits per heavy atom. The van der Waals surface area contributed by atoms with E-state index in [0.29, 0.717) is 6.54 Å². The van der Waals surface area contributed by atoms with Crippen molar-refractivity contribution < 1.29 is 13.0 Å². The number of hydrogen-bond acceptors (Lipinski definition) is 3. The van der Waals surface area contributed by atoms with Gasteiger partial charge in [0.05, 0.1) is 5.75 Å². The summed E-state index contributed by atoms with van der Waals surface area (Å²) in [7, 11) is -3.81. The van der Waals surface area contributed by atoms with Crippen LogP contribution < -0.4 is 5.32 Å². The van der Waals surface area contributed by atoms with Gasteiger partial charge in [-0.05, 0) is 13.0 Å². The van der Waals surface area contributed by atoms with Crippen molar-refractivity contribution >= 4 is 10.1 Å². The summed E-state index contributed by atoms with van der Waals surface area (Å²) >= 11 is 0. The van der Waals surface area contributed by atoms with Crippen molar-refractivity contribution in [1.29, 1.82) is 0 Å². The summed E-state index contributed by atoms with van der Waals surface area (Å²) in [5.41, 5.74) is 0. The van der Waals surface area contributed by atoms with Crippen LogP contribution in [-0.4, -0.2) is 31.8 Å². The molecular formula is C23H49NO3S. The summed E-state index contributed by atoms with van der Waals surface area (Å²) in [6.45, 7) is 3.47. The Morgan fingerprint density at radius 1 is 0.536 bits per heavy atom. The highest BCUT2D eigenvalue weighted by molar-refractivity contribution is 7.85. The minimum absolute atomic E-state index is 0.188. The lowest BCUT2D eigenvalue weighted by molar-refractivity contribution is 0.479. The minimum atomic E-state index is -3.81. The van der Waals surface area contributed by atoms with Gasteiger partial charge < -0.3 is 5.32 Å². The fraction of sp³-hybridized carbons (Fsp3) is 1.00. The third-order valence-electron chi connectivity index (χ3n) is 5.49. The fourth-order valence-corrected chi connectivity index (χ4v) is 4.06. The molecule has 0 saturated heterocycles. The van der Waals surface area contributed by atoms with Crippen LogP contribution in [0.3, 0.4) is 0 Å². The first-order chi connectivity index (χ1) is 13.6. The second-order valence-electron chi connectivity index (χ2n) is 8.40. The van der Waals surface area contributed by atoms with Gasteiger partial charge in [-0.25, -0.2) is 0 Å². The van der Waals surface area contributed by atoms with E-state index < -0.39 is 10.1 Å². The van der Waals surface area contributed by atoms with Gasteiger partial charge in [0.1, 0.15) is 0 Å². The molecule has 0 saturated carbocycles. The number of nitrogens with one attached hydrogen (secondary N) is 1. The van der Waals surface area contributed by atoms with Crippen LogP contribution in [0.2, 0.25) is 0 Å². The van der Waals surface area contributed by atoms with Gasteiger partial charge in [0, 0.05) is 6.54 Å². The van der Waals surface area contributed by atoms with Crippen LogP contribution in [0.25, 0.3) is 0 Å². The molecule has 2 N–H and O–H groups in total. The van der Waals surface area contributed by atoms with E-state index >= 15 is 0 Å². The Morgan fingerprint density at radius 3 is 1.18 bits per heavy atom. The Balaban J connectivity index is 3.03. The predicted molar refractivity (Wildman–Crippen MR) is 123 cm³/mol. The molecule has 0 atom stereocenters. The topological polar surface area (TPSA) is 66.4 Å². The van der Waals surface area contributed by atoms with Crippen LogP contribution in [0.1, 0.15) is 129 Å². The smallest absolute Gasteiger partial charge is 0.266 e. The number of hydrogen-bond donors (Lipinski definition) is 2. The first-order valence-corrected chi connectivity index (χ1v) is 13.8. The van der Waals surface area contributed by atoms with Crippen molar-refractivity contribution in [2.45, 2.75) is 129 Å². The molecule has 0 radical (unpaired) electrons. The minimum Gasteiger partial charge on any atom is -0.316 e. The van der Waals surface area contributed by atoms with Crippen molar-refractivity contribution in [2.75, 3.05) is 18.8 Å². The quantitative estimate of drug-likeness (QED) is 0.140. The monoisotopic (exact) mass is 419 g/mol. The zero-order valence-corrected chi connectivity index (χ0v) is 19.5. The predicted octanol–water partition coefficient (Wildman–Crippen LogP) is 6.90. The van der Waals surface area contributed by atoms with E-state index in [1.807, 2.05) is 0 Å². The van der Waals surface area contributed by atoms with Crippen molar-refractivity contribution in [2.24, 2.45) is 0 Å². The Hall–Kier alpha value is -0.130. The average Bonchev–Trinajstić information content (AvgIpc) is 2.65. The molecule has 0 aliphatic carbocycles. The highest BCUT2D eigenvalue weighted by atomic mass is 32.2. The average molecular weight is 420 g/mol. The van der Waals surface area contributed by atoms with Crippen molar-refractivity contribution in [3.05, 3.63) is 0 Å². The van der Waals surface area contributed by atoms with E-state index in [2.05, 4.69) is 12.2 Å². The maximum atomic E-state index is 10.6. The van der Waals surface area contributed by atoms with Gasteiger partial charge in [-0.15, -0.1) is 0 Å². The van der Waals surface area contributed by atoms with Crippen LogP contribution in [-0.2, 0) is 10.1 Å².